The maximum atomic E-state index is 15.1. The molecule has 0 radical (unpaired) electrons. The number of anilines is 1. The highest BCUT2D eigenvalue weighted by Gasteiger charge is 2.36. The molecular weight excluding hydrogens is 517 g/mol. The van der Waals surface area contributed by atoms with Crippen LogP contribution in [0.5, 0.6) is 0 Å². The quantitative estimate of drug-likeness (QED) is 0.353. The summed E-state index contributed by atoms with van der Waals surface area (Å²) in [6, 6.07) is 12.6. The van der Waals surface area contributed by atoms with Gasteiger partial charge in [0.2, 0.25) is 5.91 Å². The molecule has 204 valence electrons. The maximum absolute atomic E-state index is 15.1. The first-order chi connectivity index (χ1) is 18.5. The Bertz CT molecular complexity index is 1650. The van der Waals surface area contributed by atoms with Crippen molar-refractivity contribution < 1.29 is 17.6 Å². The number of nitrogens with zero attached hydrogens (tertiary/aromatic N) is 5. The van der Waals surface area contributed by atoms with Crippen molar-refractivity contribution >= 4 is 32.8 Å². The molecule has 39 heavy (non-hydrogen) atoms. The van der Waals surface area contributed by atoms with Crippen molar-refractivity contribution in [1.82, 2.24) is 18.8 Å². The smallest absolute Gasteiger partial charge is 0.269 e. The molecule has 1 aliphatic rings. The lowest BCUT2D eigenvalue weighted by atomic mass is 10.0. The molecule has 5 rings (SSSR count). The number of carbonyl (C=O) groups excluding carboxylic acids is 1. The first kappa shape index (κ1) is 26.8. The van der Waals surface area contributed by atoms with Gasteiger partial charge in [-0.2, -0.15) is 0 Å². The van der Waals surface area contributed by atoms with Gasteiger partial charge in [-0.1, -0.05) is 49.7 Å². The van der Waals surface area contributed by atoms with Gasteiger partial charge >= 0.3 is 0 Å². The molecular formula is C29H32FN5O3S. The topological polar surface area (TPSA) is 88.4 Å². The lowest BCUT2D eigenvalue weighted by molar-refractivity contribution is -0.137. The Kier molecular flexibility index (Phi) is 6.92. The Balaban J connectivity index is 1.71. The van der Waals surface area contributed by atoms with Gasteiger partial charge in [0.1, 0.15) is 18.0 Å². The van der Waals surface area contributed by atoms with Gasteiger partial charge in [0.05, 0.1) is 10.3 Å². The van der Waals surface area contributed by atoms with Crippen LogP contribution in [0.25, 0.3) is 22.2 Å². The van der Waals surface area contributed by atoms with Crippen LogP contribution >= 0.6 is 0 Å². The molecule has 0 bridgehead atoms. The third-order valence-electron chi connectivity index (χ3n) is 7.31. The van der Waals surface area contributed by atoms with Crippen LogP contribution in [0.15, 0.2) is 66.0 Å². The molecule has 4 aromatic rings. The van der Waals surface area contributed by atoms with E-state index in [9.17, 15) is 13.2 Å². The zero-order chi connectivity index (χ0) is 28.1. The van der Waals surface area contributed by atoms with Crippen molar-refractivity contribution in [2.75, 3.05) is 18.0 Å². The van der Waals surface area contributed by atoms with E-state index in [1.54, 1.807) is 42.5 Å². The number of fused-ring (bicyclic) bond motifs is 1. The SMILES string of the molecule is Cc1ccc(S(=O)(=O)n2cc(-c3ccccc3F)c3c(N4C[C@H](C)N(C(=O)C(C)C)C[C@H]4C)ncnc32)cc1. The second-order valence-corrected chi connectivity index (χ2v) is 12.3. The summed E-state index contributed by atoms with van der Waals surface area (Å²) in [6.45, 7) is 10.6. The second kappa shape index (κ2) is 10.1. The highest BCUT2D eigenvalue weighted by atomic mass is 32.2. The van der Waals surface area contributed by atoms with Crippen LogP contribution in [-0.4, -0.2) is 58.3 Å². The van der Waals surface area contributed by atoms with E-state index in [1.807, 2.05) is 39.5 Å². The molecule has 8 nitrogen and oxygen atoms in total. The van der Waals surface area contributed by atoms with E-state index in [1.165, 1.54) is 18.6 Å². The summed E-state index contributed by atoms with van der Waals surface area (Å²) >= 11 is 0. The predicted molar refractivity (Wildman–Crippen MR) is 150 cm³/mol. The number of amides is 1. The lowest BCUT2D eigenvalue weighted by Gasteiger charge is -2.45. The average molecular weight is 550 g/mol. The molecule has 1 saturated heterocycles. The summed E-state index contributed by atoms with van der Waals surface area (Å²) in [4.78, 5) is 25.9. The molecule has 1 aliphatic heterocycles. The molecule has 2 atom stereocenters. The molecule has 0 aliphatic carbocycles. The number of benzene rings is 2. The molecule has 2 aromatic heterocycles. The van der Waals surface area contributed by atoms with E-state index in [-0.39, 0.29) is 40.0 Å². The van der Waals surface area contributed by atoms with Gasteiger partial charge in [0.15, 0.2) is 5.65 Å². The maximum Gasteiger partial charge on any atom is 0.269 e. The number of halogens is 1. The number of piperazine rings is 1. The van der Waals surface area contributed by atoms with E-state index < -0.39 is 15.8 Å². The van der Waals surface area contributed by atoms with E-state index in [2.05, 4.69) is 14.9 Å². The Morgan fingerprint density at radius 2 is 1.67 bits per heavy atom. The first-order valence-corrected chi connectivity index (χ1v) is 14.4. The van der Waals surface area contributed by atoms with Gasteiger partial charge in [-0.3, -0.25) is 4.79 Å². The van der Waals surface area contributed by atoms with Crippen LogP contribution in [0.3, 0.4) is 0 Å². The third kappa shape index (κ3) is 4.67. The van der Waals surface area contributed by atoms with Crippen molar-refractivity contribution in [3.05, 3.63) is 72.4 Å². The van der Waals surface area contributed by atoms with Crippen molar-refractivity contribution in [3.63, 3.8) is 0 Å². The number of hydrogen-bond acceptors (Lipinski definition) is 6. The van der Waals surface area contributed by atoms with Gasteiger partial charge in [-0.15, -0.1) is 0 Å². The van der Waals surface area contributed by atoms with Crippen molar-refractivity contribution in [2.24, 2.45) is 5.92 Å². The van der Waals surface area contributed by atoms with Gasteiger partial charge in [0.25, 0.3) is 10.0 Å². The van der Waals surface area contributed by atoms with Crippen LogP contribution in [0.1, 0.15) is 33.3 Å². The lowest BCUT2D eigenvalue weighted by Crippen LogP contribution is -2.59. The van der Waals surface area contributed by atoms with Gasteiger partial charge in [-0.25, -0.2) is 26.7 Å². The Hall–Kier alpha value is -3.79. The largest absolute Gasteiger partial charge is 0.349 e. The monoisotopic (exact) mass is 549 g/mol. The standard InChI is InChI=1S/C29H32FN5O3S/c1-18(2)29(36)34-15-20(4)33(14-21(34)5)27-26-24(23-8-6-7-9-25(23)30)16-35(28(26)32-17-31-27)39(37,38)22-12-10-19(3)11-13-22/h6-13,16-18,20-21H,14-15H2,1-5H3/t20-,21+/m1/s1. The normalized spacial score (nSPS) is 18.2. The highest BCUT2D eigenvalue weighted by molar-refractivity contribution is 7.90. The average Bonchev–Trinajstić information content (AvgIpc) is 3.30. The third-order valence-corrected chi connectivity index (χ3v) is 8.97. The number of aromatic nitrogens is 3. The molecule has 0 saturated carbocycles. The first-order valence-electron chi connectivity index (χ1n) is 13.0. The molecule has 10 heteroatoms. The minimum Gasteiger partial charge on any atom is -0.349 e. The fraction of sp³-hybridized carbons (Fsp3) is 0.345. The summed E-state index contributed by atoms with van der Waals surface area (Å²) < 4.78 is 43.9. The zero-order valence-electron chi connectivity index (χ0n) is 22.7. The van der Waals surface area contributed by atoms with Crippen molar-refractivity contribution in [1.29, 1.82) is 0 Å². The number of carbonyl (C=O) groups is 1. The fourth-order valence-electron chi connectivity index (χ4n) is 5.19. The van der Waals surface area contributed by atoms with Crippen LogP contribution in [0, 0.1) is 18.7 Å². The molecule has 0 spiro atoms. The predicted octanol–water partition coefficient (Wildman–Crippen LogP) is 4.86. The minimum absolute atomic E-state index is 0.0872. The summed E-state index contributed by atoms with van der Waals surface area (Å²) in [6.07, 6.45) is 2.77. The highest BCUT2D eigenvalue weighted by Crippen LogP contribution is 2.39. The van der Waals surface area contributed by atoms with E-state index >= 15 is 4.39 Å². The molecule has 3 heterocycles. The second-order valence-electron chi connectivity index (χ2n) is 10.5. The summed E-state index contributed by atoms with van der Waals surface area (Å²) in [5.41, 5.74) is 1.74. The molecule has 2 aromatic carbocycles. The Morgan fingerprint density at radius 1 is 0.974 bits per heavy atom. The fourth-order valence-corrected chi connectivity index (χ4v) is 6.50. The number of hydrogen-bond donors (Lipinski definition) is 0. The zero-order valence-corrected chi connectivity index (χ0v) is 23.5. The number of aryl methyl sites for hydroxylation is 1. The Labute approximate surface area is 228 Å². The van der Waals surface area contributed by atoms with Crippen LogP contribution in [-0.2, 0) is 14.8 Å². The molecule has 1 fully saturated rings. The molecule has 0 unspecified atom stereocenters. The van der Waals surface area contributed by atoms with E-state index in [4.69, 9.17) is 0 Å². The number of rotatable bonds is 5. The van der Waals surface area contributed by atoms with Crippen LogP contribution in [0.4, 0.5) is 10.2 Å². The van der Waals surface area contributed by atoms with Crippen LogP contribution < -0.4 is 4.90 Å². The van der Waals surface area contributed by atoms with E-state index in [0.717, 1.165) is 9.54 Å². The Morgan fingerprint density at radius 3 is 2.33 bits per heavy atom. The van der Waals surface area contributed by atoms with Gasteiger partial charge in [-0.05, 0) is 39.0 Å². The van der Waals surface area contributed by atoms with Gasteiger partial charge in [0, 0.05) is 48.4 Å². The van der Waals surface area contributed by atoms with Crippen molar-refractivity contribution in [3.8, 4) is 11.1 Å². The summed E-state index contributed by atoms with van der Waals surface area (Å²) in [5, 5.41) is 0.445. The van der Waals surface area contributed by atoms with Gasteiger partial charge < -0.3 is 9.80 Å². The molecule has 1 amide bonds. The summed E-state index contributed by atoms with van der Waals surface area (Å²) in [7, 11) is -4.05. The van der Waals surface area contributed by atoms with Crippen molar-refractivity contribution in [2.45, 2.75) is 51.6 Å². The van der Waals surface area contributed by atoms with Crippen LogP contribution in [0.2, 0.25) is 0 Å². The minimum atomic E-state index is -4.05. The molecule has 0 N–H and O–H groups in total. The summed E-state index contributed by atoms with van der Waals surface area (Å²) in [5.74, 6) is -0.00481. The van der Waals surface area contributed by atoms with E-state index in [0.29, 0.717) is 29.9 Å².